The maximum absolute atomic E-state index is 5.99. The van der Waals surface area contributed by atoms with Crippen molar-refractivity contribution in [3.63, 3.8) is 0 Å². The Morgan fingerprint density at radius 2 is 2.19 bits per heavy atom. The Morgan fingerprint density at radius 3 is 2.81 bits per heavy atom. The van der Waals surface area contributed by atoms with E-state index in [-0.39, 0.29) is 5.41 Å². The summed E-state index contributed by atoms with van der Waals surface area (Å²) in [7, 11) is 0. The van der Waals surface area contributed by atoms with Gasteiger partial charge in [-0.15, -0.1) is 0 Å². The first kappa shape index (κ1) is 9.85. The van der Waals surface area contributed by atoms with E-state index in [1.807, 2.05) is 23.0 Å². The highest BCUT2D eigenvalue weighted by Crippen LogP contribution is 2.64. The molecule has 0 radical (unpaired) electrons. The predicted octanol–water partition coefficient (Wildman–Crippen LogP) is 1.96. The summed E-state index contributed by atoms with van der Waals surface area (Å²) in [6.45, 7) is 5.27. The summed E-state index contributed by atoms with van der Waals surface area (Å²) in [5.41, 5.74) is 8.93. The molecule has 2 N–H and O–H groups in total. The molecule has 2 aromatic rings. The SMILES string of the molecule is CC1(C)CC1(CN)c1cnn2ccccc12. The highest BCUT2D eigenvalue weighted by atomic mass is 15.2. The minimum atomic E-state index is 0.135. The number of rotatable bonds is 2. The molecule has 84 valence electrons. The van der Waals surface area contributed by atoms with Crippen molar-refractivity contribution in [3.05, 3.63) is 36.2 Å². The van der Waals surface area contributed by atoms with Crippen LogP contribution in [0.3, 0.4) is 0 Å². The largest absolute Gasteiger partial charge is 0.330 e. The van der Waals surface area contributed by atoms with Crippen LogP contribution in [0.5, 0.6) is 0 Å². The van der Waals surface area contributed by atoms with Gasteiger partial charge >= 0.3 is 0 Å². The molecule has 3 heteroatoms. The van der Waals surface area contributed by atoms with E-state index in [9.17, 15) is 0 Å². The highest BCUT2D eigenvalue weighted by Gasteiger charge is 2.61. The summed E-state index contributed by atoms with van der Waals surface area (Å²) < 4.78 is 1.93. The second kappa shape index (κ2) is 2.86. The molecule has 0 amide bonds. The lowest BCUT2D eigenvalue weighted by Crippen LogP contribution is -2.25. The third kappa shape index (κ3) is 1.04. The fraction of sp³-hybridized carbons (Fsp3) is 0.462. The molecule has 1 aliphatic carbocycles. The lowest BCUT2D eigenvalue weighted by molar-refractivity contribution is 0.505. The average molecular weight is 215 g/mol. The number of fused-ring (bicyclic) bond motifs is 1. The maximum Gasteiger partial charge on any atom is 0.0699 e. The number of nitrogens with two attached hydrogens (primary N) is 1. The highest BCUT2D eigenvalue weighted by molar-refractivity contribution is 5.60. The summed E-state index contributed by atoms with van der Waals surface area (Å²) in [5.74, 6) is 0. The van der Waals surface area contributed by atoms with Gasteiger partial charge in [0.25, 0.3) is 0 Å². The molecule has 3 rings (SSSR count). The van der Waals surface area contributed by atoms with Crippen LogP contribution in [0.25, 0.3) is 5.52 Å². The van der Waals surface area contributed by atoms with Gasteiger partial charge in [0.2, 0.25) is 0 Å². The standard InChI is InChI=1S/C13H17N3/c1-12(2)8-13(12,9-14)10-7-15-16-6-4-3-5-11(10)16/h3-7H,8-9,14H2,1-2H3. The van der Waals surface area contributed by atoms with Gasteiger partial charge in [0.15, 0.2) is 0 Å². The molecular weight excluding hydrogens is 198 g/mol. The van der Waals surface area contributed by atoms with Crippen LogP contribution in [0.4, 0.5) is 0 Å². The van der Waals surface area contributed by atoms with Crippen LogP contribution in [0.2, 0.25) is 0 Å². The summed E-state index contributed by atoms with van der Waals surface area (Å²) in [6, 6.07) is 6.17. The summed E-state index contributed by atoms with van der Waals surface area (Å²) >= 11 is 0. The molecule has 3 nitrogen and oxygen atoms in total. The summed E-state index contributed by atoms with van der Waals surface area (Å²) in [6.07, 6.45) is 5.13. The predicted molar refractivity (Wildman–Crippen MR) is 64.3 cm³/mol. The zero-order valence-corrected chi connectivity index (χ0v) is 9.77. The number of aromatic nitrogens is 2. The second-order valence-electron chi connectivity index (χ2n) is 5.44. The lowest BCUT2D eigenvalue weighted by atomic mass is 9.89. The van der Waals surface area contributed by atoms with E-state index in [0.717, 1.165) is 6.42 Å². The van der Waals surface area contributed by atoms with Crippen molar-refractivity contribution in [3.8, 4) is 0 Å². The Balaban J connectivity index is 2.20. The molecule has 1 aliphatic rings. The van der Waals surface area contributed by atoms with E-state index in [1.165, 1.54) is 11.1 Å². The Bertz CT molecular complexity index is 541. The Kier molecular flexibility index (Phi) is 1.76. The van der Waals surface area contributed by atoms with Crippen LogP contribution in [-0.4, -0.2) is 16.2 Å². The topological polar surface area (TPSA) is 43.3 Å². The van der Waals surface area contributed by atoms with Gasteiger partial charge < -0.3 is 5.73 Å². The molecule has 0 spiro atoms. The fourth-order valence-corrected chi connectivity index (χ4v) is 2.93. The van der Waals surface area contributed by atoms with Gasteiger partial charge in [0.05, 0.1) is 11.7 Å². The number of hydrogen-bond donors (Lipinski definition) is 1. The van der Waals surface area contributed by atoms with Crippen molar-refractivity contribution in [1.29, 1.82) is 0 Å². The minimum Gasteiger partial charge on any atom is -0.330 e. The van der Waals surface area contributed by atoms with Crippen LogP contribution in [0, 0.1) is 5.41 Å². The number of hydrogen-bond acceptors (Lipinski definition) is 2. The minimum absolute atomic E-state index is 0.135. The van der Waals surface area contributed by atoms with E-state index >= 15 is 0 Å². The first-order valence-electron chi connectivity index (χ1n) is 5.74. The van der Waals surface area contributed by atoms with Crippen LogP contribution in [0.15, 0.2) is 30.6 Å². The van der Waals surface area contributed by atoms with Crippen molar-refractivity contribution in [2.75, 3.05) is 6.54 Å². The van der Waals surface area contributed by atoms with E-state index < -0.39 is 0 Å². The van der Waals surface area contributed by atoms with Crippen molar-refractivity contribution >= 4 is 5.52 Å². The second-order valence-corrected chi connectivity index (χ2v) is 5.44. The van der Waals surface area contributed by atoms with Gasteiger partial charge in [-0.1, -0.05) is 19.9 Å². The molecule has 1 fully saturated rings. The average Bonchev–Trinajstić information content (AvgIpc) is 2.67. The van der Waals surface area contributed by atoms with E-state index in [1.54, 1.807) is 0 Å². The van der Waals surface area contributed by atoms with E-state index in [0.29, 0.717) is 12.0 Å². The smallest absolute Gasteiger partial charge is 0.0699 e. The third-order valence-electron chi connectivity index (χ3n) is 4.20. The van der Waals surface area contributed by atoms with Crippen molar-refractivity contribution in [2.45, 2.75) is 25.7 Å². The van der Waals surface area contributed by atoms with Crippen molar-refractivity contribution in [2.24, 2.45) is 11.1 Å². The van der Waals surface area contributed by atoms with E-state index in [2.05, 4.69) is 31.1 Å². The lowest BCUT2D eigenvalue weighted by Gasteiger charge is -2.17. The van der Waals surface area contributed by atoms with Gasteiger partial charge in [-0.25, -0.2) is 4.52 Å². The molecule has 0 saturated heterocycles. The molecule has 1 unspecified atom stereocenters. The quantitative estimate of drug-likeness (QED) is 0.832. The van der Waals surface area contributed by atoms with Crippen LogP contribution in [-0.2, 0) is 5.41 Å². The van der Waals surface area contributed by atoms with E-state index in [4.69, 9.17) is 5.73 Å². The zero-order valence-electron chi connectivity index (χ0n) is 9.77. The Labute approximate surface area is 95.3 Å². The summed E-state index contributed by atoms with van der Waals surface area (Å²) in [4.78, 5) is 0. The first-order valence-corrected chi connectivity index (χ1v) is 5.74. The van der Waals surface area contributed by atoms with Gasteiger partial charge in [-0.05, 0) is 24.0 Å². The maximum atomic E-state index is 5.99. The normalized spacial score (nSPS) is 27.2. The monoisotopic (exact) mass is 215 g/mol. The Morgan fingerprint density at radius 1 is 1.44 bits per heavy atom. The summed E-state index contributed by atoms with van der Waals surface area (Å²) in [5, 5.41) is 4.40. The third-order valence-corrected chi connectivity index (χ3v) is 4.20. The van der Waals surface area contributed by atoms with Gasteiger partial charge in [0, 0.05) is 23.7 Å². The van der Waals surface area contributed by atoms with Crippen molar-refractivity contribution in [1.82, 2.24) is 9.61 Å². The molecule has 0 bridgehead atoms. The van der Waals surface area contributed by atoms with Gasteiger partial charge in [0.1, 0.15) is 0 Å². The van der Waals surface area contributed by atoms with Gasteiger partial charge in [-0.2, -0.15) is 5.10 Å². The molecule has 2 heterocycles. The number of pyridine rings is 1. The Hall–Kier alpha value is -1.35. The fourth-order valence-electron chi connectivity index (χ4n) is 2.93. The molecule has 1 saturated carbocycles. The molecule has 16 heavy (non-hydrogen) atoms. The zero-order chi connectivity index (χ0) is 11.4. The molecule has 0 aliphatic heterocycles. The van der Waals surface area contributed by atoms with Crippen molar-refractivity contribution < 1.29 is 0 Å². The molecular formula is C13H17N3. The van der Waals surface area contributed by atoms with Crippen LogP contribution in [0.1, 0.15) is 25.8 Å². The van der Waals surface area contributed by atoms with Crippen LogP contribution < -0.4 is 5.73 Å². The molecule has 1 atom stereocenters. The van der Waals surface area contributed by atoms with Gasteiger partial charge in [-0.3, -0.25) is 0 Å². The number of nitrogens with zero attached hydrogens (tertiary/aromatic N) is 2. The van der Waals surface area contributed by atoms with Crippen LogP contribution >= 0.6 is 0 Å². The molecule has 2 aromatic heterocycles. The first-order chi connectivity index (χ1) is 7.61. The molecule has 0 aromatic carbocycles.